The molecule has 0 unspecified atom stereocenters. The fourth-order valence-electron chi connectivity index (χ4n) is 2.41. The lowest BCUT2D eigenvalue weighted by Crippen LogP contribution is -2.55. The molecule has 1 atom stereocenters. The van der Waals surface area contributed by atoms with Crippen molar-refractivity contribution in [3.63, 3.8) is 0 Å². The van der Waals surface area contributed by atoms with Crippen molar-refractivity contribution >= 4 is 17.6 Å². The third-order valence-electron chi connectivity index (χ3n) is 3.67. The molecule has 0 spiro atoms. The summed E-state index contributed by atoms with van der Waals surface area (Å²) in [6.45, 7) is 5.33. The van der Waals surface area contributed by atoms with Gasteiger partial charge < -0.3 is 10.0 Å². The van der Waals surface area contributed by atoms with Crippen molar-refractivity contribution in [2.24, 2.45) is 0 Å². The van der Waals surface area contributed by atoms with E-state index in [9.17, 15) is 9.59 Å². The Balaban J connectivity index is 2.04. The molecule has 2 rings (SSSR count). The first kappa shape index (κ1) is 14.5. The molecule has 1 aliphatic heterocycles. The van der Waals surface area contributed by atoms with Crippen molar-refractivity contribution in [1.29, 1.82) is 0 Å². The molecule has 1 heterocycles. The molecule has 0 saturated carbocycles. The largest absolute Gasteiger partial charge is 0.481 e. The Morgan fingerprint density at radius 1 is 1.35 bits per heavy atom. The Morgan fingerprint density at radius 2 is 2.00 bits per heavy atom. The van der Waals surface area contributed by atoms with E-state index in [1.807, 2.05) is 43.0 Å². The van der Waals surface area contributed by atoms with Gasteiger partial charge in [0.1, 0.15) is 0 Å². The predicted octanol–water partition coefficient (Wildman–Crippen LogP) is 1.51. The number of piperazine rings is 1. The van der Waals surface area contributed by atoms with E-state index in [-0.39, 0.29) is 24.9 Å². The van der Waals surface area contributed by atoms with Gasteiger partial charge in [-0.1, -0.05) is 17.7 Å². The number of carbonyl (C=O) groups is 2. The van der Waals surface area contributed by atoms with Gasteiger partial charge in [-0.15, -0.1) is 0 Å². The number of carbonyl (C=O) groups excluding carboxylic acids is 1. The highest BCUT2D eigenvalue weighted by molar-refractivity contribution is 5.95. The summed E-state index contributed by atoms with van der Waals surface area (Å²) in [6.07, 6.45) is 0.0716. The van der Waals surface area contributed by atoms with Gasteiger partial charge in [-0.05, 0) is 26.0 Å². The van der Waals surface area contributed by atoms with Gasteiger partial charge >= 0.3 is 5.97 Å². The average Bonchev–Trinajstić information content (AvgIpc) is 2.40. The van der Waals surface area contributed by atoms with Crippen LogP contribution in [0, 0.1) is 6.92 Å². The molecule has 0 bridgehead atoms. The molecule has 5 nitrogen and oxygen atoms in total. The Labute approximate surface area is 118 Å². The van der Waals surface area contributed by atoms with Crippen LogP contribution in [-0.4, -0.2) is 47.6 Å². The second-order valence-electron chi connectivity index (χ2n) is 5.30. The number of anilines is 1. The summed E-state index contributed by atoms with van der Waals surface area (Å²) in [5.74, 6) is -0.803. The molecule has 0 aliphatic carbocycles. The SMILES string of the molecule is Cc1ccc(N2C[C@H](C)N(CCC(=O)O)CC2=O)cc1. The number of carboxylic acids is 1. The molecule has 1 N–H and O–H groups in total. The number of rotatable bonds is 4. The van der Waals surface area contributed by atoms with E-state index >= 15 is 0 Å². The van der Waals surface area contributed by atoms with E-state index in [1.165, 1.54) is 0 Å². The van der Waals surface area contributed by atoms with Crippen molar-refractivity contribution < 1.29 is 14.7 Å². The van der Waals surface area contributed by atoms with E-state index < -0.39 is 5.97 Å². The van der Waals surface area contributed by atoms with Crippen LogP contribution in [-0.2, 0) is 9.59 Å². The first-order chi connectivity index (χ1) is 9.47. The maximum absolute atomic E-state index is 12.2. The van der Waals surface area contributed by atoms with E-state index in [1.54, 1.807) is 4.90 Å². The second-order valence-corrected chi connectivity index (χ2v) is 5.30. The minimum absolute atomic E-state index is 0.0253. The van der Waals surface area contributed by atoms with Crippen LogP contribution in [0.1, 0.15) is 18.9 Å². The van der Waals surface area contributed by atoms with Crippen molar-refractivity contribution in [3.05, 3.63) is 29.8 Å². The molecule has 5 heteroatoms. The van der Waals surface area contributed by atoms with Crippen LogP contribution in [0.2, 0.25) is 0 Å². The third-order valence-corrected chi connectivity index (χ3v) is 3.67. The summed E-state index contributed by atoms with van der Waals surface area (Å²) >= 11 is 0. The fraction of sp³-hybridized carbons (Fsp3) is 0.467. The summed E-state index contributed by atoms with van der Waals surface area (Å²) in [5, 5.41) is 8.73. The smallest absolute Gasteiger partial charge is 0.304 e. The molecule has 1 aliphatic rings. The zero-order valence-electron chi connectivity index (χ0n) is 11.9. The van der Waals surface area contributed by atoms with E-state index in [0.29, 0.717) is 13.1 Å². The summed E-state index contributed by atoms with van der Waals surface area (Å²) in [6, 6.07) is 8.04. The number of benzene rings is 1. The molecule has 1 aromatic rings. The highest BCUT2D eigenvalue weighted by Crippen LogP contribution is 2.20. The molecule has 1 amide bonds. The number of amides is 1. The molecule has 0 aromatic heterocycles. The van der Waals surface area contributed by atoms with Gasteiger partial charge in [-0.25, -0.2) is 0 Å². The van der Waals surface area contributed by atoms with Crippen LogP contribution in [0.15, 0.2) is 24.3 Å². The van der Waals surface area contributed by atoms with Gasteiger partial charge in [0.05, 0.1) is 13.0 Å². The molecule has 20 heavy (non-hydrogen) atoms. The van der Waals surface area contributed by atoms with Gasteiger partial charge in [0.25, 0.3) is 0 Å². The molecule has 1 saturated heterocycles. The second kappa shape index (κ2) is 6.05. The van der Waals surface area contributed by atoms with Gasteiger partial charge in [0.15, 0.2) is 0 Å². The Hall–Kier alpha value is -1.88. The van der Waals surface area contributed by atoms with Crippen molar-refractivity contribution in [2.45, 2.75) is 26.3 Å². The normalized spacial score (nSPS) is 20.2. The van der Waals surface area contributed by atoms with Crippen LogP contribution in [0.3, 0.4) is 0 Å². The van der Waals surface area contributed by atoms with E-state index in [2.05, 4.69) is 0 Å². The van der Waals surface area contributed by atoms with Gasteiger partial charge in [-0.2, -0.15) is 0 Å². The molecular weight excluding hydrogens is 256 g/mol. The standard InChI is InChI=1S/C15H20N2O3/c1-11-3-5-13(6-4-11)17-9-12(2)16(10-14(17)18)8-7-15(19)20/h3-6,12H,7-10H2,1-2H3,(H,19,20)/t12-/m0/s1. The topological polar surface area (TPSA) is 60.9 Å². The van der Waals surface area contributed by atoms with Gasteiger partial charge in [0, 0.05) is 24.8 Å². The summed E-state index contributed by atoms with van der Waals surface area (Å²) < 4.78 is 0. The Morgan fingerprint density at radius 3 is 2.60 bits per heavy atom. The lowest BCUT2D eigenvalue weighted by molar-refractivity contribution is -0.138. The number of aliphatic carboxylic acids is 1. The first-order valence-corrected chi connectivity index (χ1v) is 6.80. The average molecular weight is 276 g/mol. The van der Waals surface area contributed by atoms with Crippen LogP contribution in [0.4, 0.5) is 5.69 Å². The Kier molecular flexibility index (Phi) is 4.39. The highest BCUT2D eigenvalue weighted by Gasteiger charge is 2.30. The van der Waals surface area contributed by atoms with Crippen LogP contribution in [0.5, 0.6) is 0 Å². The van der Waals surface area contributed by atoms with Crippen molar-refractivity contribution in [1.82, 2.24) is 4.90 Å². The van der Waals surface area contributed by atoms with Gasteiger partial charge in [0.2, 0.25) is 5.91 Å². The van der Waals surface area contributed by atoms with Crippen LogP contribution < -0.4 is 4.90 Å². The fourth-order valence-corrected chi connectivity index (χ4v) is 2.41. The maximum atomic E-state index is 12.2. The predicted molar refractivity (Wildman–Crippen MR) is 76.8 cm³/mol. The minimum atomic E-state index is -0.828. The lowest BCUT2D eigenvalue weighted by Gasteiger charge is -2.39. The summed E-state index contributed by atoms with van der Waals surface area (Å²) in [7, 11) is 0. The zero-order valence-corrected chi connectivity index (χ0v) is 11.9. The molecule has 1 fully saturated rings. The van der Waals surface area contributed by atoms with Crippen LogP contribution >= 0.6 is 0 Å². The molecule has 1 aromatic carbocycles. The van der Waals surface area contributed by atoms with E-state index in [4.69, 9.17) is 5.11 Å². The number of nitrogens with zero attached hydrogens (tertiary/aromatic N) is 2. The zero-order chi connectivity index (χ0) is 14.7. The quantitative estimate of drug-likeness (QED) is 0.905. The number of hydrogen-bond donors (Lipinski definition) is 1. The summed E-state index contributed by atoms with van der Waals surface area (Å²) in [4.78, 5) is 26.6. The van der Waals surface area contributed by atoms with Crippen molar-refractivity contribution in [2.75, 3.05) is 24.5 Å². The monoisotopic (exact) mass is 276 g/mol. The molecular formula is C15H20N2O3. The highest BCUT2D eigenvalue weighted by atomic mass is 16.4. The number of carboxylic acid groups (broad SMARTS) is 1. The molecule has 0 radical (unpaired) electrons. The molecule has 108 valence electrons. The van der Waals surface area contributed by atoms with Crippen LogP contribution in [0.25, 0.3) is 0 Å². The van der Waals surface area contributed by atoms with E-state index in [0.717, 1.165) is 11.3 Å². The van der Waals surface area contributed by atoms with Gasteiger partial charge in [-0.3, -0.25) is 14.5 Å². The number of hydrogen-bond acceptors (Lipinski definition) is 3. The first-order valence-electron chi connectivity index (χ1n) is 6.80. The lowest BCUT2D eigenvalue weighted by atomic mass is 10.1. The Bertz CT molecular complexity index is 498. The number of aryl methyl sites for hydroxylation is 1. The van der Waals surface area contributed by atoms with Crippen molar-refractivity contribution in [3.8, 4) is 0 Å². The maximum Gasteiger partial charge on any atom is 0.304 e. The third kappa shape index (κ3) is 3.36. The minimum Gasteiger partial charge on any atom is -0.481 e. The summed E-state index contributed by atoms with van der Waals surface area (Å²) in [5.41, 5.74) is 2.07.